The molecule has 296 valence electrons. The van der Waals surface area contributed by atoms with E-state index in [0.717, 1.165) is 67.0 Å². The first kappa shape index (κ1) is 36.6. The van der Waals surface area contributed by atoms with E-state index in [1.165, 1.54) is 33.4 Å². The van der Waals surface area contributed by atoms with Crippen LogP contribution in [0.1, 0.15) is 22.3 Å². The molecule has 0 fully saturated rings. The average Bonchev–Trinajstić information content (AvgIpc) is 3.92. The molecule has 2 aromatic heterocycles. The molecule has 0 unspecified atom stereocenters. The molecule has 9 aromatic carbocycles. The first-order valence-corrected chi connectivity index (χ1v) is 21.7. The monoisotopic (exact) mass is 803 g/mol. The smallest absolute Gasteiger partial charge is 0.101 e. The van der Waals surface area contributed by atoms with Gasteiger partial charge in [-0.15, -0.1) is 0 Å². The van der Waals surface area contributed by atoms with Crippen LogP contribution in [0.3, 0.4) is 0 Å². The Morgan fingerprint density at radius 3 is 1.51 bits per heavy atom. The zero-order valence-electron chi connectivity index (χ0n) is 34.5. The molecule has 3 nitrogen and oxygen atoms in total. The number of benzene rings is 9. The van der Waals surface area contributed by atoms with Crippen LogP contribution in [-0.4, -0.2) is 9.61 Å². The van der Waals surface area contributed by atoms with Crippen molar-refractivity contribution in [2.75, 3.05) is 4.90 Å². The van der Waals surface area contributed by atoms with Gasteiger partial charge in [0.2, 0.25) is 0 Å². The van der Waals surface area contributed by atoms with E-state index in [9.17, 15) is 0 Å². The maximum absolute atomic E-state index is 5.72. The second-order valence-corrected chi connectivity index (χ2v) is 16.2. The normalized spacial score (nSPS) is 12.6. The summed E-state index contributed by atoms with van der Waals surface area (Å²) in [6, 6.07) is 90.0. The van der Waals surface area contributed by atoms with Gasteiger partial charge < -0.3 is 4.90 Å². The third-order valence-electron chi connectivity index (χ3n) is 12.9. The van der Waals surface area contributed by atoms with Gasteiger partial charge in [0.05, 0.1) is 28.0 Å². The molecule has 0 aliphatic heterocycles. The summed E-state index contributed by atoms with van der Waals surface area (Å²) in [5.41, 5.74) is 17.5. The molecule has 0 saturated carbocycles. The van der Waals surface area contributed by atoms with Crippen molar-refractivity contribution >= 4 is 33.4 Å². The van der Waals surface area contributed by atoms with Crippen LogP contribution in [0.15, 0.2) is 249 Å². The maximum Gasteiger partial charge on any atom is 0.101 e. The molecule has 0 saturated heterocycles. The molecule has 0 atom stereocenters. The van der Waals surface area contributed by atoms with Gasteiger partial charge in [-0.25, -0.2) is 4.52 Å². The van der Waals surface area contributed by atoms with Crippen LogP contribution in [0.4, 0.5) is 17.1 Å². The minimum absolute atomic E-state index is 0.557. The summed E-state index contributed by atoms with van der Waals surface area (Å²) in [4.78, 5) is 2.51. The second-order valence-electron chi connectivity index (χ2n) is 16.2. The fraction of sp³-hybridized carbons (Fsp3) is 0.0167. The van der Waals surface area contributed by atoms with Crippen LogP contribution < -0.4 is 4.90 Å². The molecule has 2 heterocycles. The van der Waals surface area contributed by atoms with Crippen LogP contribution in [0.5, 0.6) is 0 Å². The lowest BCUT2D eigenvalue weighted by Gasteiger charge is -2.35. The minimum Gasteiger partial charge on any atom is -0.307 e. The summed E-state index contributed by atoms with van der Waals surface area (Å²) >= 11 is 0. The highest BCUT2D eigenvalue weighted by molar-refractivity contribution is 6.16. The molecule has 1 aliphatic rings. The molecule has 0 spiro atoms. The Bertz CT molecular complexity index is 3380. The molecule has 0 amide bonds. The summed E-state index contributed by atoms with van der Waals surface area (Å²) in [6.07, 6.45) is 0. The van der Waals surface area contributed by atoms with Crippen molar-refractivity contribution in [3.05, 3.63) is 271 Å². The fourth-order valence-electron chi connectivity index (χ4n) is 10.3. The molecule has 0 N–H and O–H groups in total. The lowest BCUT2D eigenvalue weighted by atomic mass is 9.68. The van der Waals surface area contributed by atoms with Crippen LogP contribution >= 0.6 is 0 Å². The number of para-hydroxylation sites is 1. The largest absolute Gasteiger partial charge is 0.307 e. The Balaban J connectivity index is 1.26. The summed E-state index contributed by atoms with van der Waals surface area (Å²) < 4.78 is 2.24. The molecular weight excluding hydrogens is 763 g/mol. The number of rotatable bonds is 8. The van der Waals surface area contributed by atoms with Crippen LogP contribution in [0.25, 0.3) is 61.1 Å². The Labute approximate surface area is 367 Å². The number of hydrogen-bond acceptors (Lipinski definition) is 2. The molecule has 1 aliphatic carbocycles. The summed E-state index contributed by atoms with van der Waals surface area (Å²) in [7, 11) is 0. The standard InChI is InChI=1S/C60H41N3/c1-7-24-42(25-8-1)54-56(43-26-9-2-10-27-43)61-63-57(44-28-11-3-12-29-44)59(49-37-20-19-36-48(49)58(54)63)62(47-34-17-6-18-35-47)53-41-23-40-52-55(53)50-38-21-22-39-51(50)60(52,45-30-13-4-14-31-45)46-32-15-5-16-33-46/h1-41H. The molecule has 3 heteroatoms. The van der Waals surface area contributed by atoms with Gasteiger partial charge in [0.25, 0.3) is 0 Å². The number of nitrogens with zero attached hydrogens (tertiary/aromatic N) is 3. The van der Waals surface area contributed by atoms with E-state index < -0.39 is 5.41 Å². The Morgan fingerprint density at radius 1 is 0.381 bits per heavy atom. The van der Waals surface area contributed by atoms with Crippen molar-refractivity contribution in [2.24, 2.45) is 0 Å². The van der Waals surface area contributed by atoms with E-state index in [-0.39, 0.29) is 0 Å². The molecule has 0 radical (unpaired) electrons. The van der Waals surface area contributed by atoms with Crippen LogP contribution in [0, 0.1) is 0 Å². The molecule has 63 heavy (non-hydrogen) atoms. The number of aromatic nitrogens is 2. The Morgan fingerprint density at radius 2 is 0.873 bits per heavy atom. The number of pyridine rings is 1. The average molecular weight is 804 g/mol. The zero-order valence-corrected chi connectivity index (χ0v) is 34.5. The molecule has 11 aromatic rings. The fourth-order valence-corrected chi connectivity index (χ4v) is 10.3. The molecule has 0 bridgehead atoms. The van der Waals surface area contributed by atoms with Gasteiger partial charge in [-0.05, 0) is 51.6 Å². The Kier molecular flexibility index (Phi) is 8.72. The number of anilines is 3. The van der Waals surface area contributed by atoms with E-state index in [4.69, 9.17) is 5.10 Å². The van der Waals surface area contributed by atoms with Gasteiger partial charge in [0, 0.05) is 38.7 Å². The van der Waals surface area contributed by atoms with E-state index in [2.05, 4.69) is 258 Å². The summed E-state index contributed by atoms with van der Waals surface area (Å²) in [5.74, 6) is 0. The van der Waals surface area contributed by atoms with Crippen molar-refractivity contribution in [3.8, 4) is 44.8 Å². The number of hydrogen-bond donors (Lipinski definition) is 0. The van der Waals surface area contributed by atoms with Crippen molar-refractivity contribution in [1.82, 2.24) is 9.61 Å². The summed E-state index contributed by atoms with van der Waals surface area (Å²) in [6.45, 7) is 0. The highest BCUT2D eigenvalue weighted by Crippen LogP contribution is 2.60. The van der Waals surface area contributed by atoms with Gasteiger partial charge in [-0.3, -0.25) is 0 Å². The van der Waals surface area contributed by atoms with Crippen molar-refractivity contribution in [3.63, 3.8) is 0 Å². The predicted octanol–water partition coefficient (Wildman–Crippen LogP) is 15.3. The minimum atomic E-state index is -0.557. The zero-order chi connectivity index (χ0) is 41.7. The first-order chi connectivity index (χ1) is 31.3. The third-order valence-corrected chi connectivity index (χ3v) is 12.9. The first-order valence-electron chi connectivity index (χ1n) is 21.7. The quantitative estimate of drug-likeness (QED) is 0.153. The maximum atomic E-state index is 5.72. The topological polar surface area (TPSA) is 20.5 Å². The van der Waals surface area contributed by atoms with Crippen molar-refractivity contribution in [2.45, 2.75) is 5.41 Å². The lowest BCUT2D eigenvalue weighted by Crippen LogP contribution is -2.28. The predicted molar refractivity (Wildman–Crippen MR) is 261 cm³/mol. The van der Waals surface area contributed by atoms with Gasteiger partial charge >= 0.3 is 0 Å². The summed E-state index contributed by atoms with van der Waals surface area (Å²) in [5, 5.41) is 7.97. The SMILES string of the molecule is c1ccc(-c2nn3c(-c4ccccc4)c(N(c4ccccc4)c4cccc5c4-c4ccccc4C5(c4ccccc4)c4ccccc4)c4ccccc4c3c2-c2ccccc2)cc1. The van der Waals surface area contributed by atoms with Crippen molar-refractivity contribution in [1.29, 1.82) is 0 Å². The highest BCUT2D eigenvalue weighted by Gasteiger charge is 2.47. The van der Waals surface area contributed by atoms with E-state index in [1.807, 2.05) is 0 Å². The van der Waals surface area contributed by atoms with Crippen molar-refractivity contribution < 1.29 is 0 Å². The van der Waals surface area contributed by atoms with Gasteiger partial charge in [0.1, 0.15) is 5.69 Å². The second kappa shape index (κ2) is 15.0. The molecule has 12 rings (SSSR count). The number of fused-ring (bicyclic) bond motifs is 6. The highest BCUT2D eigenvalue weighted by atomic mass is 15.3. The van der Waals surface area contributed by atoms with Crippen LogP contribution in [0.2, 0.25) is 0 Å². The van der Waals surface area contributed by atoms with Crippen LogP contribution in [-0.2, 0) is 5.41 Å². The van der Waals surface area contributed by atoms with Gasteiger partial charge in [-0.2, -0.15) is 5.10 Å². The molecular formula is C60H41N3. The Hall–Kier alpha value is -8.27. The van der Waals surface area contributed by atoms with E-state index in [1.54, 1.807) is 0 Å². The third kappa shape index (κ3) is 5.64. The van der Waals surface area contributed by atoms with E-state index in [0.29, 0.717) is 0 Å². The van der Waals surface area contributed by atoms with Gasteiger partial charge in [-0.1, -0.05) is 231 Å². The lowest BCUT2D eigenvalue weighted by molar-refractivity contribution is 0.768. The van der Waals surface area contributed by atoms with Gasteiger partial charge in [0.15, 0.2) is 0 Å². The van der Waals surface area contributed by atoms with E-state index >= 15 is 0 Å².